The molecule has 0 aromatic carbocycles. The van der Waals surface area contributed by atoms with Crippen molar-refractivity contribution in [3.8, 4) is 11.9 Å². The molecule has 1 saturated heterocycles. The zero-order valence-corrected chi connectivity index (χ0v) is 25.1. The number of oxime groups is 1. The zero-order chi connectivity index (χ0) is 32.1. The minimum Gasteiger partial charge on any atom is -0.477 e. The number of nitrogen functional groups attached to an aromatic ring is 1. The van der Waals surface area contributed by atoms with Gasteiger partial charge < -0.3 is 21.0 Å². The van der Waals surface area contributed by atoms with Crippen LogP contribution in [0.1, 0.15) is 23.1 Å². The average molecular weight is 650 g/mol. The molecule has 45 heavy (non-hydrogen) atoms. The molecule has 3 aromatic heterocycles. The Bertz CT molecular complexity index is 1790. The van der Waals surface area contributed by atoms with E-state index in [0.717, 1.165) is 11.3 Å². The van der Waals surface area contributed by atoms with E-state index in [9.17, 15) is 24.3 Å². The number of pyridine rings is 1. The highest BCUT2D eigenvalue weighted by molar-refractivity contribution is 8.00. The molecule has 3 amide bonds. The Morgan fingerprint density at radius 3 is 2.76 bits per heavy atom. The lowest BCUT2D eigenvalue weighted by molar-refractivity contribution is -0.687. The van der Waals surface area contributed by atoms with Crippen LogP contribution in [0.25, 0.3) is 5.69 Å². The number of anilines is 1. The Balaban J connectivity index is 1.24. The largest absolute Gasteiger partial charge is 0.477 e. The first-order valence-electron chi connectivity index (χ1n) is 13.3. The average Bonchev–Trinajstić information content (AvgIpc) is 3.70. The first-order valence-corrected chi connectivity index (χ1v) is 15.2. The summed E-state index contributed by atoms with van der Waals surface area (Å²) < 4.78 is 3.33. The number of thiazole rings is 1. The van der Waals surface area contributed by atoms with Gasteiger partial charge in [-0.3, -0.25) is 24.6 Å². The maximum atomic E-state index is 13.1. The lowest BCUT2D eigenvalue weighted by atomic mass is 10.0. The number of allylic oxidation sites excluding steroid dienone is 2. The molecule has 0 spiro atoms. The molecule has 5 heterocycles. The highest BCUT2D eigenvalue weighted by Gasteiger charge is 2.54. The summed E-state index contributed by atoms with van der Waals surface area (Å²) in [7, 11) is 0. The van der Waals surface area contributed by atoms with Crippen LogP contribution in [0.5, 0.6) is 0 Å². The molecule has 3 aromatic rings. The first kappa shape index (κ1) is 30.9. The van der Waals surface area contributed by atoms with E-state index < -0.39 is 35.1 Å². The van der Waals surface area contributed by atoms with Gasteiger partial charge in [0.25, 0.3) is 17.7 Å². The van der Waals surface area contributed by atoms with Crippen molar-refractivity contribution >= 4 is 57.6 Å². The van der Waals surface area contributed by atoms with Crippen LogP contribution in [0, 0.1) is 11.5 Å². The van der Waals surface area contributed by atoms with E-state index in [1.165, 1.54) is 27.4 Å². The smallest absolute Gasteiger partial charge is 0.352 e. The number of nitrogens with two attached hydrogens (primary N) is 1. The number of fused-ring (bicyclic) bond motifs is 1. The molecular weight excluding hydrogens is 624 g/mol. The van der Waals surface area contributed by atoms with Crippen molar-refractivity contribution in [2.24, 2.45) is 5.16 Å². The Morgan fingerprint density at radius 1 is 1.31 bits per heavy atom. The minimum atomic E-state index is -1.26. The SMILES string of the molecule is CCO/N=C(\C(=O)N[C@@H]1C(=O)N2C(C(=O)O)=C(/C=C/C[n+]3ccc(-n4ccc(C(=O)NC#N)n4)cc3)CS[C@H]12)c1csc(N)n1. The van der Waals surface area contributed by atoms with Crippen molar-refractivity contribution in [1.82, 2.24) is 30.3 Å². The van der Waals surface area contributed by atoms with Gasteiger partial charge in [0.1, 0.15) is 29.4 Å². The molecule has 0 aliphatic carbocycles. The first-order chi connectivity index (χ1) is 21.7. The van der Waals surface area contributed by atoms with Gasteiger partial charge in [0.2, 0.25) is 0 Å². The third-order valence-electron chi connectivity index (χ3n) is 6.52. The standard InChI is InChI=1S/C27H24N10O6S2/c1-2-43-34-19(18-13-45-27(29)31-18)23(39)32-20-24(40)37-21(26(41)42)15(12-44-25(20)37)4-3-8-35-9-5-16(6-10-35)36-11-7-17(33-36)22(38)30-14-28/h3-7,9-11,13,20,25H,2,8,12H2,1H3,(H4-,29,30,31,32,38,39,41,42)/p+1/b4-3+,34-19-/t20-,25-/m1/s1. The predicted octanol–water partition coefficient (Wildman–Crippen LogP) is 0.145. The second-order valence-electron chi connectivity index (χ2n) is 9.34. The third-order valence-corrected chi connectivity index (χ3v) is 8.49. The van der Waals surface area contributed by atoms with Gasteiger partial charge in [-0.15, -0.1) is 23.1 Å². The molecule has 16 nitrogen and oxygen atoms in total. The summed E-state index contributed by atoms with van der Waals surface area (Å²) in [6, 6.07) is 4.07. The van der Waals surface area contributed by atoms with Gasteiger partial charge in [-0.25, -0.2) is 19.0 Å². The van der Waals surface area contributed by atoms with Crippen LogP contribution in [0.2, 0.25) is 0 Å². The summed E-state index contributed by atoms with van der Waals surface area (Å²) in [5.41, 5.74) is 6.84. The van der Waals surface area contributed by atoms with Gasteiger partial charge >= 0.3 is 5.97 Å². The Kier molecular flexibility index (Phi) is 9.20. The van der Waals surface area contributed by atoms with Crippen LogP contribution < -0.4 is 20.9 Å². The van der Waals surface area contributed by atoms with Crippen LogP contribution in [-0.4, -0.2) is 77.9 Å². The molecule has 2 atom stereocenters. The number of nitrogens with zero attached hydrogens (tertiary/aromatic N) is 7. The van der Waals surface area contributed by atoms with Crippen LogP contribution in [0.4, 0.5) is 5.13 Å². The molecule has 0 bridgehead atoms. The van der Waals surface area contributed by atoms with Crippen molar-refractivity contribution in [3.05, 3.63) is 77.0 Å². The van der Waals surface area contributed by atoms with Crippen LogP contribution in [0.15, 0.2) is 70.7 Å². The summed E-state index contributed by atoms with van der Waals surface area (Å²) in [5, 5.41) is 32.4. The Hall–Kier alpha value is -5.54. The van der Waals surface area contributed by atoms with E-state index in [-0.39, 0.29) is 34.5 Å². The molecule has 2 aliphatic heterocycles. The highest BCUT2D eigenvalue weighted by Crippen LogP contribution is 2.40. The van der Waals surface area contributed by atoms with Gasteiger partial charge in [-0.2, -0.15) is 10.4 Å². The summed E-state index contributed by atoms with van der Waals surface area (Å²) >= 11 is 2.45. The van der Waals surface area contributed by atoms with E-state index in [4.69, 9.17) is 15.8 Å². The molecular formula is C27H25N10O6S2+. The van der Waals surface area contributed by atoms with Gasteiger partial charge in [0.15, 0.2) is 41.7 Å². The summed E-state index contributed by atoms with van der Waals surface area (Å²) in [5.74, 6) is -2.82. The molecule has 2 aliphatic rings. The van der Waals surface area contributed by atoms with Crippen molar-refractivity contribution in [1.29, 1.82) is 5.26 Å². The maximum Gasteiger partial charge on any atom is 0.352 e. The zero-order valence-electron chi connectivity index (χ0n) is 23.5. The molecule has 0 saturated carbocycles. The number of carbonyl (C=O) groups is 4. The van der Waals surface area contributed by atoms with Crippen molar-refractivity contribution in [3.63, 3.8) is 0 Å². The van der Waals surface area contributed by atoms with E-state index in [1.54, 1.807) is 61.4 Å². The predicted molar refractivity (Wildman–Crippen MR) is 160 cm³/mol. The Morgan fingerprint density at radius 2 is 2.09 bits per heavy atom. The van der Waals surface area contributed by atoms with E-state index in [1.807, 2.05) is 9.88 Å². The molecule has 5 rings (SSSR count). The number of rotatable bonds is 11. The quantitative estimate of drug-likeness (QED) is 0.0546. The van der Waals surface area contributed by atoms with Crippen molar-refractivity contribution < 1.29 is 33.7 Å². The maximum absolute atomic E-state index is 13.1. The number of aliphatic carboxylic acids is 1. The number of hydrogen-bond acceptors (Lipinski definition) is 12. The monoisotopic (exact) mass is 649 g/mol. The second-order valence-corrected chi connectivity index (χ2v) is 11.3. The number of aromatic nitrogens is 4. The lowest BCUT2D eigenvalue weighted by Gasteiger charge is -2.49. The number of carbonyl (C=O) groups excluding carboxylic acids is 3. The lowest BCUT2D eigenvalue weighted by Crippen LogP contribution is -2.71. The number of carboxylic acids is 1. The number of nitrogens with one attached hydrogen (secondary N) is 2. The fourth-order valence-electron chi connectivity index (χ4n) is 4.45. The van der Waals surface area contributed by atoms with E-state index in [2.05, 4.69) is 20.6 Å². The molecule has 230 valence electrons. The Labute approximate surface area is 263 Å². The summed E-state index contributed by atoms with van der Waals surface area (Å²) in [6.07, 6.45) is 10.2. The third kappa shape index (κ3) is 6.53. The molecule has 0 radical (unpaired) electrons. The number of thioether (sulfide) groups is 1. The van der Waals surface area contributed by atoms with E-state index >= 15 is 0 Å². The van der Waals surface area contributed by atoms with Gasteiger partial charge in [-0.05, 0) is 24.6 Å². The van der Waals surface area contributed by atoms with Crippen LogP contribution >= 0.6 is 23.1 Å². The van der Waals surface area contributed by atoms with Gasteiger partial charge in [0, 0.05) is 29.5 Å². The summed E-state index contributed by atoms with van der Waals surface area (Å²) in [4.78, 5) is 60.4. The molecule has 18 heteroatoms. The fourth-order valence-corrected chi connectivity index (χ4v) is 6.32. The second kappa shape index (κ2) is 13.4. The number of β-lactam (4-membered cyclic amide) rings is 1. The highest BCUT2D eigenvalue weighted by atomic mass is 32.2. The van der Waals surface area contributed by atoms with Crippen LogP contribution in [-0.2, 0) is 25.8 Å². The van der Waals surface area contributed by atoms with Gasteiger partial charge in [-0.1, -0.05) is 11.2 Å². The fraction of sp³-hybridized carbons (Fsp3) is 0.222. The topological polar surface area (TPSA) is 222 Å². The normalized spacial score (nSPS) is 17.8. The van der Waals surface area contributed by atoms with Gasteiger partial charge in [0.05, 0.1) is 5.69 Å². The molecule has 1 fully saturated rings. The van der Waals surface area contributed by atoms with Crippen LogP contribution in [0.3, 0.4) is 0 Å². The molecule has 5 N–H and O–H groups in total. The number of carboxylic acid groups (broad SMARTS) is 1. The van der Waals surface area contributed by atoms with Crippen molar-refractivity contribution in [2.75, 3.05) is 18.1 Å². The number of amides is 3. The number of hydrogen-bond donors (Lipinski definition) is 4. The minimum absolute atomic E-state index is 0.0992. The summed E-state index contributed by atoms with van der Waals surface area (Å²) in [6.45, 7) is 2.30. The van der Waals surface area contributed by atoms with Crippen molar-refractivity contribution in [2.45, 2.75) is 24.9 Å². The molecule has 0 unspecified atom stereocenters. The van der Waals surface area contributed by atoms with E-state index in [0.29, 0.717) is 23.6 Å². The number of nitriles is 1.